The van der Waals surface area contributed by atoms with Crippen LogP contribution in [0.5, 0.6) is 5.75 Å². The maximum atomic E-state index is 13.3. The van der Waals surface area contributed by atoms with Gasteiger partial charge in [-0.3, -0.25) is 9.59 Å². The van der Waals surface area contributed by atoms with Crippen molar-refractivity contribution in [3.63, 3.8) is 0 Å². The number of aromatic nitrogens is 1. The minimum absolute atomic E-state index is 0.0273. The van der Waals surface area contributed by atoms with Gasteiger partial charge in [-0.1, -0.05) is 24.3 Å². The van der Waals surface area contributed by atoms with Crippen LogP contribution in [0.15, 0.2) is 78.9 Å². The number of nitrogens with one attached hydrogen (secondary N) is 2. The van der Waals surface area contributed by atoms with Crippen LogP contribution < -0.4 is 10.6 Å². The number of hydrogen-bond donors (Lipinski definition) is 3. The standard InChI is InChI=1S/C26H22FN3O3/c27-19-11-9-17(10-12-19)24-16-22(21-7-1-2-8-23(21)30-24)26(33)29-14-4-13-28-25(32)18-5-3-6-20(31)15-18/h1-3,5-12,15-16,31H,4,13-14H2,(H,28,32)(H,29,33). The molecule has 3 N–H and O–H groups in total. The van der Waals surface area contributed by atoms with E-state index in [1.54, 1.807) is 30.3 Å². The molecule has 0 saturated heterocycles. The molecular weight excluding hydrogens is 421 g/mol. The number of halogens is 1. The SMILES string of the molecule is O=C(NCCCNC(=O)c1cc(-c2ccc(F)cc2)nc2ccccc12)c1cccc(O)c1. The molecule has 0 atom stereocenters. The van der Waals surface area contributed by atoms with Gasteiger partial charge in [0.1, 0.15) is 11.6 Å². The first-order valence-electron chi connectivity index (χ1n) is 10.5. The van der Waals surface area contributed by atoms with E-state index in [1.165, 1.54) is 24.3 Å². The summed E-state index contributed by atoms with van der Waals surface area (Å²) in [4.78, 5) is 29.7. The quantitative estimate of drug-likeness (QED) is 0.372. The summed E-state index contributed by atoms with van der Waals surface area (Å²) in [6.45, 7) is 0.731. The van der Waals surface area contributed by atoms with Crippen molar-refractivity contribution < 1.29 is 19.1 Å². The molecule has 0 unspecified atom stereocenters. The molecule has 0 bridgehead atoms. The highest BCUT2D eigenvalue weighted by atomic mass is 19.1. The molecule has 4 rings (SSSR count). The molecule has 1 aromatic heterocycles. The Balaban J connectivity index is 1.41. The first kappa shape index (κ1) is 22.0. The largest absolute Gasteiger partial charge is 0.508 e. The van der Waals surface area contributed by atoms with Crippen LogP contribution in [0.25, 0.3) is 22.2 Å². The van der Waals surface area contributed by atoms with Crippen molar-refractivity contribution >= 4 is 22.7 Å². The smallest absolute Gasteiger partial charge is 0.252 e. The van der Waals surface area contributed by atoms with Gasteiger partial charge < -0.3 is 15.7 Å². The van der Waals surface area contributed by atoms with Crippen LogP contribution in [-0.4, -0.2) is 35.0 Å². The number of carbonyl (C=O) groups is 2. The van der Waals surface area contributed by atoms with Gasteiger partial charge in [0.05, 0.1) is 16.8 Å². The Morgan fingerprint density at radius 2 is 1.58 bits per heavy atom. The van der Waals surface area contributed by atoms with Gasteiger partial charge in [-0.15, -0.1) is 0 Å². The Bertz CT molecular complexity index is 1310. The summed E-state index contributed by atoms with van der Waals surface area (Å²) in [5.41, 5.74) is 2.81. The highest BCUT2D eigenvalue weighted by Crippen LogP contribution is 2.25. The highest BCUT2D eigenvalue weighted by molar-refractivity contribution is 6.07. The van der Waals surface area contributed by atoms with Gasteiger partial charge in [0.15, 0.2) is 0 Å². The molecule has 6 nitrogen and oxygen atoms in total. The molecule has 33 heavy (non-hydrogen) atoms. The third-order valence-corrected chi connectivity index (χ3v) is 5.13. The maximum absolute atomic E-state index is 13.3. The zero-order chi connectivity index (χ0) is 23.2. The Morgan fingerprint density at radius 1 is 0.848 bits per heavy atom. The van der Waals surface area contributed by atoms with Gasteiger partial charge in [0.25, 0.3) is 11.8 Å². The van der Waals surface area contributed by atoms with Crippen LogP contribution in [0, 0.1) is 5.82 Å². The number of pyridine rings is 1. The first-order valence-corrected chi connectivity index (χ1v) is 10.5. The number of para-hydroxylation sites is 1. The number of rotatable bonds is 7. The number of amides is 2. The molecule has 0 spiro atoms. The number of carbonyl (C=O) groups excluding carboxylic acids is 2. The summed E-state index contributed by atoms with van der Waals surface area (Å²) in [6.07, 6.45) is 0.532. The van der Waals surface area contributed by atoms with E-state index in [-0.39, 0.29) is 23.4 Å². The molecule has 0 saturated carbocycles. The van der Waals surface area contributed by atoms with E-state index in [9.17, 15) is 19.1 Å². The average Bonchev–Trinajstić information content (AvgIpc) is 2.83. The van der Waals surface area contributed by atoms with E-state index in [4.69, 9.17) is 0 Å². The van der Waals surface area contributed by atoms with E-state index in [0.717, 1.165) is 5.39 Å². The number of hydrogen-bond acceptors (Lipinski definition) is 4. The van der Waals surface area contributed by atoms with Crippen LogP contribution in [0.3, 0.4) is 0 Å². The molecule has 4 aromatic rings. The van der Waals surface area contributed by atoms with Gasteiger partial charge in [0.2, 0.25) is 0 Å². The van der Waals surface area contributed by atoms with Crippen molar-refractivity contribution in [1.82, 2.24) is 15.6 Å². The van der Waals surface area contributed by atoms with Crippen molar-refractivity contribution in [2.75, 3.05) is 13.1 Å². The second kappa shape index (κ2) is 9.91. The fourth-order valence-electron chi connectivity index (χ4n) is 3.47. The molecule has 0 fully saturated rings. The number of phenols is 1. The van der Waals surface area contributed by atoms with Crippen LogP contribution in [-0.2, 0) is 0 Å². The molecule has 0 aliphatic heterocycles. The first-order chi connectivity index (χ1) is 16.0. The van der Waals surface area contributed by atoms with Gasteiger partial charge in [-0.25, -0.2) is 9.37 Å². The third-order valence-electron chi connectivity index (χ3n) is 5.13. The van der Waals surface area contributed by atoms with Crippen LogP contribution >= 0.6 is 0 Å². The van der Waals surface area contributed by atoms with Gasteiger partial charge in [-0.05, 0) is 61.0 Å². The predicted octanol–water partition coefficient (Wildman–Crippen LogP) is 4.30. The second-order valence-electron chi connectivity index (χ2n) is 7.49. The Labute approximate surface area is 190 Å². The van der Waals surface area contributed by atoms with Crippen molar-refractivity contribution in [3.05, 3.63) is 95.8 Å². The maximum Gasteiger partial charge on any atom is 0.252 e. The van der Waals surface area contributed by atoms with E-state index in [2.05, 4.69) is 15.6 Å². The zero-order valence-electron chi connectivity index (χ0n) is 17.7. The molecular formula is C26H22FN3O3. The Kier molecular flexibility index (Phi) is 6.59. The summed E-state index contributed by atoms with van der Waals surface area (Å²) >= 11 is 0. The van der Waals surface area contributed by atoms with Gasteiger partial charge >= 0.3 is 0 Å². The van der Waals surface area contributed by atoms with Crippen molar-refractivity contribution in [1.29, 1.82) is 0 Å². The summed E-state index contributed by atoms with van der Waals surface area (Å²) < 4.78 is 13.3. The predicted molar refractivity (Wildman–Crippen MR) is 125 cm³/mol. The lowest BCUT2D eigenvalue weighted by molar-refractivity contribution is 0.0952. The summed E-state index contributed by atoms with van der Waals surface area (Å²) in [6, 6.07) is 21.1. The van der Waals surface area contributed by atoms with E-state index in [1.807, 2.05) is 24.3 Å². The number of aromatic hydroxyl groups is 1. The lowest BCUT2D eigenvalue weighted by atomic mass is 10.0. The lowest BCUT2D eigenvalue weighted by Gasteiger charge is -2.11. The average molecular weight is 443 g/mol. The second-order valence-corrected chi connectivity index (χ2v) is 7.49. The molecule has 3 aromatic carbocycles. The molecule has 0 aliphatic rings. The molecule has 0 aliphatic carbocycles. The monoisotopic (exact) mass is 443 g/mol. The van der Waals surface area contributed by atoms with Crippen molar-refractivity contribution in [3.8, 4) is 17.0 Å². The number of benzene rings is 3. The third kappa shape index (κ3) is 5.33. The number of fused-ring (bicyclic) bond motifs is 1. The summed E-state index contributed by atoms with van der Waals surface area (Å²) in [5, 5.41) is 15.8. The molecule has 7 heteroatoms. The van der Waals surface area contributed by atoms with Crippen LogP contribution in [0.1, 0.15) is 27.1 Å². The van der Waals surface area contributed by atoms with Crippen LogP contribution in [0.4, 0.5) is 4.39 Å². The summed E-state index contributed by atoms with van der Waals surface area (Å²) in [7, 11) is 0. The molecule has 1 heterocycles. The van der Waals surface area contributed by atoms with Gasteiger partial charge in [-0.2, -0.15) is 0 Å². The minimum atomic E-state index is -0.339. The van der Waals surface area contributed by atoms with Crippen molar-refractivity contribution in [2.24, 2.45) is 0 Å². The highest BCUT2D eigenvalue weighted by Gasteiger charge is 2.14. The van der Waals surface area contributed by atoms with E-state index in [0.29, 0.717) is 47.4 Å². The normalized spacial score (nSPS) is 10.7. The molecule has 2 amide bonds. The Morgan fingerprint density at radius 3 is 2.33 bits per heavy atom. The van der Waals surface area contributed by atoms with E-state index < -0.39 is 0 Å². The topological polar surface area (TPSA) is 91.3 Å². The Hall–Kier alpha value is -4.26. The van der Waals surface area contributed by atoms with E-state index >= 15 is 0 Å². The zero-order valence-corrected chi connectivity index (χ0v) is 17.7. The fraction of sp³-hybridized carbons (Fsp3) is 0.115. The fourth-order valence-corrected chi connectivity index (χ4v) is 3.47. The summed E-state index contributed by atoms with van der Waals surface area (Å²) in [5.74, 6) is -0.856. The molecule has 166 valence electrons. The lowest BCUT2D eigenvalue weighted by Crippen LogP contribution is -2.30. The molecule has 0 radical (unpaired) electrons. The number of nitrogens with zero attached hydrogens (tertiary/aromatic N) is 1. The number of phenolic OH excluding ortho intramolecular Hbond substituents is 1. The van der Waals surface area contributed by atoms with Crippen LogP contribution in [0.2, 0.25) is 0 Å². The minimum Gasteiger partial charge on any atom is -0.508 e. The van der Waals surface area contributed by atoms with Crippen molar-refractivity contribution in [2.45, 2.75) is 6.42 Å². The van der Waals surface area contributed by atoms with Gasteiger partial charge in [0, 0.05) is 29.6 Å².